The number of rotatable bonds is 4. The van der Waals surface area contributed by atoms with E-state index < -0.39 is 0 Å². The number of anilines is 1. The maximum absolute atomic E-state index is 4.81. The first-order chi connectivity index (χ1) is 11.7. The molecule has 0 unspecified atom stereocenters. The van der Waals surface area contributed by atoms with Gasteiger partial charge in [-0.3, -0.25) is 4.40 Å². The smallest absolute Gasteiger partial charge is 0.235 e. The highest BCUT2D eigenvalue weighted by atomic mass is 15.2. The minimum atomic E-state index is -0.0680. The number of hydrogen-bond donors (Lipinski definition) is 1. The maximum Gasteiger partial charge on any atom is 0.235 e. The highest BCUT2D eigenvalue weighted by Gasteiger charge is 2.28. The van der Waals surface area contributed by atoms with E-state index in [1.54, 1.807) is 6.20 Å². The number of fused-ring (bicyclic) bond motifs is 1. The van der Waals surface area contributed by atoms with E-state index in [1.807, 2.05) is 16.7 Å². The van der Waals surface area contributed by atoms with Gasteiger partial charge in [0.15, 0.2) is 0 Å². The standard InChI is InChI=1S/C21H28N4/c1-15-10-7-8-11-16(15)17-18(24-21(5,6)14-20(2,3)4)25-13-9-12-22-19(25)23-17/h7-13,24H,14H2,1-6H3. The molecule has 3 rings (SSSR count). The first-order valence-corrected chi connectivity index (χ1v) is 8.84. The maximum atomic E-state index is 4.81. The van der Waals surface area contributed by atoms with Gasteiger partial charge in [0.05, 0.1) is 0 Å². The van der Waals surface area contributed by atoms with Gasteiger partial charge in [-0.05, 0) is 44.2 Å². The van der Waals surface area contributed by atoms with E-state index in [2.05, 4.69) is 76.1 Å². The molecule has 4 nitrogen and oxygen atoms in total. The molecule has 3 aromatic rings. The molecule has 0 saturated heterocycles. The molecule has 0 aliphatic carbocycles. The molecule has 132 valence electrons. The number of hydrogen-bond acceptors (Lipinski definition) is 3. The van der Waals surface area contributed by atoms with Crippen LogP contribution in [0.15, 0.2) is 42.7 Å². The van der Waals surface area contributed by atoms with E-state index in [1.165, 1.54) is 5.56 Å². The van der Waals surface area contributed by atoms with Gasteiger partial charge in [-0.15, -0.1) is 0 Å². The molecule has 0 aliphatic heterocycles. The van der Waals surface area contributed by atoms with Crippen LogP contribution in [-0.4, -0.2) is 19.9 Å². The number of aryl methyl sites for hydroxylation is 1. The molecule has 0 fully saturated rings. The number of nitrogens with one attached hydrogen (secondary N) is 1. The van der Waals surface area contributed by atoms with Gasteiger partial charge in [0.2, 0.25) is 5.78 Å². The first kappa shape index (κ1) is 17.5. The second-order valence-electron chi connectivity index (χ2n) is 8.66. The van der Waals surface area contributed by atoms with Crippen molar-refractivity contribution in [3.63, 3.8) is 0 Å². The fraction of sp³-hybridized carbons (Fsp3) is 0.429. The number of nitrogens with zero attached hydrogens (tertiary/aromatic N) is 3. The van der Waals surface area contributed by atoms with Gasteiger partial charge in [0.25, 0.3) is 0 Å². The van der Waals surface area contributed by atoms with Gasteiger partial charge in [-0.25, -0.2) is 9.97 Å². The summed E-state index contributed by atoms with van der Waals surface area (Å²) >= 11 is 0. The van der Waals surface area contributed by atoms with Gasteiger partial charge >= 0.3 is 0 Å². The van der Waals surface area contributed by atoms with Crippen LogP contribution in [0.5, 0.6) is 0 Å². The quantitative estimate of drug-likeness (QED) is 0.700. The zero-order chi connectivity index (χ0) is 18.2. The van der Waals surface area contributed by atoms with Crippen LogP contribution >= 0.6 is 0 Å². The summed E-state index contributed by atoms with van der Waals surface area (Å²) in [5, 5.41) is 3.75. The van der Waals surface area contributed by atoms with Crippen LogP contribution in [0, 0.1) is 12.3 Å². The lowest BCUT2D eigenvalue weighted by Crippen LogP contribution is -2.36. The van der Waals surface area contributed by atoms with Crippen molar-refractivity contribution >= 4 is 11.6 Å². The monoisotopic (exact) mass is 336 g/mol. The first-order valence-electron chi connectivity index (χ1n) is 8.84. The molecule has 0 amide bonds. The molecular weight excluding hydrogens is 308 g/mol. The molecule has 1 aromatic carbocycles. The number of aromatic nitrogens is 3. The third kappa shape index (κ3) is 3.84. The molecule has 4 heteroatoms. The molecule has 2 aromatic heterocycles. The van der Waals surface area contributed by atoms with Crippen LogP contribution in [0.4, 0.5) is 5.82 Å². The summed E-state index contributed by atoms with van der Waals surface area (Å²) in [6.07, 6.45) is 4.85. The normalized spacial score (nSPS) is 12.6. The Balaban J connectivity index is 2.13. The zero-order valence-electron chi connectivity index (χ0n) is 16.1. The Labute approximate surface area is 150 Å². The van der Waals surface area contributed by atoms with E-state index in [9.17, 15) is 0 Å². The molecular formula is C21H28N4. The van der Waals surface area contributed by atoms with Gasteiger partial charge < -0.3 is 5.32 Å². The summed E-state index contributed by atoms with van der Waals surface area (Å²) in [7, 11) is 0. The van der Waals surface area contributed by atoms with Crippen molar-refractivity contribution in [2.45, 2.75) is 53.5 Å². The van der Waals surface area contributed by atoms with Crippen LogP contribution in [0.1, 0.15) is 46.6 Å². The molecule has 0 atom stereocenters. The van der Waals surface area contributed by atoms with Gasteiger partial charge in [-0.1, -0.05) is 45.0 Å². The van der Waals surface area contributed by atoms with Crippen molar-refractivity contribution in [2.75, 3.05) is 5.32 Å². The summed E-state index contributed by atoms with van der Waals surface area (Å²) < 4.78 is 2.05. The lowest BCUT2D eigenvalue weighted by atomic mass is 9.82. The minimum Gasteiger partial charge on any atom is -0.364 e. The van der Waals surface area contributed by atoms with Crippen molar-refractivity contribution in [3.8, 4) is 11.3 Å². The van der Waals surface area contributed by atoms with Gasteiger partial charge in [0, 0.05) is 23.5 Å². The average Bonchev–Trinajstić information content (AvgIpc) is 2.83. The Morgan fingerprint density at radius 2 is 1.76 bits per heavy atom. The van der Waals surface area contributed by atoms with Crippen molar-refractivity contribution in [1.29, 1.82) is 0 Å². The van der Waals surface area contributed by atoms with Gasteiger partial charge in [-0.2, -0.15) is 0 Å². The summed E-state index contributed by atoms with van der Waals surface area (Å²) in [4.78, 5) is 9.25. The highest BCUT2D eigenvalue weighted by molar-refractivity contribution is 5.78. The Kier molecular flexibility index (Phi) is 4.31. The SMILES string of the molecule is Cc1ccccc1-c1nc2ncccn2c1NC(C)(C)CC(C)(C)C. The third-order valence-electron chi connectivity index (χ3n) is 4.23. The number of imidazole rings is 1. The molecule has 0 bridgehead atoms. The van der Waals surface area contributed by atoms with E-state index in [4.69, 9.17) is 4.98 Å². The van der Waals surface area contributed by atoms with Crippen molar-refractivity contribution < 1.29 is 0 Å². The Morgan fingerprint density at radius 1 is 1.04 bits per heavy atom. The van der Waals surface area contributed by atoms with Crippen LogP contribution in [0.3, 0.4) is 0 Å². The fourth-order valence-electron chi connectivity index (χ4n) is 3.72. The summed E-state index contributed by atoms with van der Waals surface area (Å²) in [5.41, 5.74) is 3.47. The molecule has 2 heterocycles. The summed E-state index contributed by atoms with van der Waals surface area (Å²) in [6, 6.07) is 10.3. The molecule has 1 N–H and O–H groups in total. The summed E-state index contributed by atoms with van der Waals surface area (Å²) in [5.74, 6) is 1.72. The topological polar surface area (TPSA) is 42.2 Å². The lowest BCUT2D eigenvalue weighted by molar-refractivity contribution is 0.302. The van der Waals surface area contributed by atoms with Crippen molar-refractivity contribution in [2.24, 2.45) is 5.41 Å². The van der Waals surface area contributed by atoms with Crippen LogP contribution in [0.2, 0.25) is 0 Å². The third-order valence-corrected chi connectivity index (χ3v) is 4.23. The zero-order valence-corrected chi connectivity index (χ0v) is 16.1. The highest BCUT2D eigenvalue weighted by Crippen LogP contribution is 2.35. The van der Waals surface area contributed by atoms with Gasteiger partial charge in [0.1, 0.15) is 11.5 Å². The van der Waals surface area contributed by atoms with E-state index >= 15 is 0 Å². The predicted octanol–water partition coefficient (Wildman–Crippen LogP) is 5.33. The second kappa shape index (κ2) is 6.17. The Bertz CT molecular complexity index is 884. The molecule has 25 heavy (non-hydrogen) atoms. The second-order valence-corrected chi connectivity index (χ2v) is 8.66. The van der Waals surface area contributed by atoms with E-state index in [-0.39, 0.29) is 11.0 Å². The number of benzene rings is 1. The van der Waals surface area contributed by atoms with Crippen LogP contribution in [0.25, 0.3) is 17.0 Å². The lowest BCUT2D eigenvalue weighted by Gasteiger charge is -2.34. The molecule has 0 radical (unpaired) electrons. The summed E-state index contributed by atoms with van der Waals surface area (Å²) in [6.45, 7) is 13.4. The predicted molar refractivity (Wildman–Crippen MR) is 105 cm³/mol. The minimum absolute atomic E-state index is 0.0680. The average molecular weight is 336 g/mol. The molecule has 0 saturated carbocycles. The van der Waals surface area contributed by atoms with Crippen LogP contribution < -0.4 is 5.32 Å². The Hall–Kier alpha value is -2.36. The fourth-order valence-corrected chi connectivity index (χ4v) is 3.72. The van der Waals surface area contributed by atoms with Crippen molar-refractivity contribution in [3.05, 3.63) is 48.3 Å². The van der Waals surface area contributed by atoms with Crippen molar-refractivity contribution in [1.82, 2.24) is 14.4 Å². The van der Waals surface area contributed by atoms with E-state index in [0.29, 0.717) is 0 Å². The van der Waals surface area contributed by atoms with E-state index in [0.717, 1.165) is 29.3 Å². The molecule has 0 aliphatic rings. The largest absolute Gasteiger partial charge is 0.364 e. The van der Waals surface area contributed by atoms with Crippen LogP contribution in [-0.2, 0) is 0 Å². The Morgan fingerprint density at radius 3 is 2.44 bits per heavy atom. The molecule has 0 spiro atoms.